The summed E-state index contributed by atoms with van der Waals surface area (Å²) in [5.41, 5.74) is 0. The lowest BCUT2D eigenvalue weighted by Gasteiger charge is -2.00. The molecule has 0 bridgehead atoms. The third-order valence-corrected chi connectivity index (χ3v) is 1.15. The summed E-state index contributed by atoms with van der Waals surface area (Å²) >= 11 is 0. The van der Waals surface area contributed by atoms with Crippen molar-refractivity contribution in [2.45, 2.75) is 6.92 Å². The maximum absolute atomic E-state index is 8.87. The number of carbonyl (C=O) groups is 1. The molecule has 0 heterocycles. The predicted molar refractivity (Wildman–Crippen MR) is 48.0 cm³/mol. The third kappa shape index (κ3) is 5.55. The minimum absolute atomic E-state index is 0.250. The van der Waals surface area contributed by atoms with E-state index in [9.17, 15) is 0 Å². The average molecular weight is 184 g/mol. The molecule has 2 N–H and O–H groups in total. The predicted octanol–water partition coefficient (Wildman–Crippen LogP) is 1.49. The Labute approximate surface area is 76.4 Å². The van der Waals surface area contributed by atoms with Gasteiger partial charge in [0.15, 0.2) is 0 Å². The zero-order valence-corrected chi connectivity index (χ0v) is 7.30. The molecule has 0 aliphatic rings. The van der Waals surface area contributed by atoms with Gasteiger partial charge in [-0.3, -0.25) is 4.79 Å². The molecular formula is C9H12O4. The van der Waals surface area contributed by atoms with Crippen LogP contribution in [0.3, 0.4) is 0 Å². The van der Waals surface area contributed by atoms with Gasteiger partial charge in [-0.1, -0.05) is 0 Å². The van der Waals surface area contributed by atoms with Crippen LogP contribution in [-0.4, -0.2) is 23.3 Å². The highest BCUT2D eigenvalue weighted by Gasteiger charge is 1.89. The standard InChI is InChI=1S/C8H10O2.CH2O2/c1-2-10-8-5-3-7(9)4-6-8;2-1-3/h3-6,9H,2H2,1H3;1H,(H,2,3). The number of aromatic hydroxyl groups is 1. The van der Waals surface area contributed by atoms with Gasteiger partial charge in [0, 0.05) is 0 Å². The molecule has 4 nitrogen and oxygen atoms in total. The zero-order valence-electron chi connectivity index (χ0n) is 7.30. The molecule has 0 saturated carbocycles. The van der Waals surface area contributed by atoms with E-state index in [4.69, 9.17) is 19.7 Å². The van der Waals surface area contributed by atoms with E-state index in [1.807, 2.05) is 6.92 Å². The lowest BCUT2D eigenvalue weighted by Crippen LogP contribution is -1.89. The van der Waals surface area contributed by atoms with E-state index in [1.165, 1.54) is 0 Å². The average Bonchev–Trinajstić information content (AvgIpc) is 2.11. The van der Waals surface area contributed by atoms with Gasteiger partial charge in [0.05, 0.1) is 6.61 Å². The highest BCUT2D eigenvalue weighted by atomic mass is 16.5. The van der Waals surface area contributed by atoms with Crippen LogP contribution in [0.1, 0.15) is 6.92 Å². The molecule has 4 heteroatoms. The highest BCUT2D eigenvalue weighted by Crippen LogP contribution is 2.15. The normalized spacial score (nSPS) is 8.08. The van der Waals surface area contributed by atoms with Gasteiger partial charge in [0.2, 0.25) is 0 Å². The van der Waals surface area contributed by atoms with Gasteiger partial charge in [0.25, 0.3) is 6.47 Å². The Balaban J connectivity index is 0.000000424. The first-order valence-electron chi connectivity index (χ1n) is 3.74. The van der Waals surface area contributed by atoms with Gasteiger partial charge in [-0.2, -0.15) is 0 Å². The van der Waals surface area contributed by atoms with E-state index >= 15 is 0 Å². The van der Waals surface area contributed by atoms with Crippen molar-refractivity contribution in [3.05, 3.63) is 24.3 Å². The Bertz CT molecular complexity index is 230. The molecule has 1 aromatic carbocycles. The first-order valence-corrected chi connectivity index (χ1v) is 3.74. The van der Waals surface area contributed by atoms with E-state index in [1.54, 1.807) is 24.3 Å². The fourth-order valence-corrected chi connectivity index (χ4v) is 0.709. The summed E-state index contributed by atoms with van der Waals surface area (Å²) < 4.78 is 5.15. The lowest BCUT2D eigenvalue weighted by molar-refractivity contribution is -0.122. The first kappa shape index (κ1) is 11.3. The number of phenolic OH excluding ortho intramolecular Hbond substituents is 1. The minimum atomic E-state index is -0.250. The second-order valence-electron chi connectivity index (χ2n) is 2.03. The molecule has 0 fully saturated rings. The van der Waals surface area contributed by atoms with E-state index in [2.05, 4.69) is 0 Å². The first-order chi connectivity index (χ1) is 6.24. The molecular weight excluding hydrogens is 172 g/mol. The Morgan fingerprint density at radius 1 is 1.38 bits per heavy atom. The largest absolute Gasteiger partial charge is 0.508 e. The van der Waals surface area contributed by atoms with E-state index in [0.717, 1.165) is 5.75 Å². The number of carboxylic acid groups (broad SMARTS) is 1. The molecule has 0 spiro atoms. The van der Waals surface area contributed by atoms with Crippen LogP contribution in [0.4, 0.5) is 0 Å². The van der Waals surface area contributed by atoms with Crippen molar-refractivity contribution in [3.8, 4) is 11.5 Å². The molecule has 0 aromatic heterocycles. The van der Waals surface area contributed by atoms with E-state index < -0.39 is 0 Å². The second kappa shape index (κ2) is 6.97. The number of rotatable bonds is 2. The van der Waals surface area contributed by atoms with Crippen molar-refractivity contribution in [2.75, 3.05) is 6.61 Å². The van der Waals surface area contributed by atoms with Crippen LogP contribution in [0.15, 0.2) is 24.3 Å². The van der Waals surface area contributed by atoms with Crippen LogP contribution in [0.25, 0.3) is 0 Å². The van der Waals surface area contributed by atoms with Crippen molar-refractivity contribution in [2.24, 2.45) is 0 Å². The molecule has 0 aliphatic carbocycles. The van der Waals surface area contributed by atoms with Gasteiger partial charge < -0.3 is 14.9 Å². The van der Waals surface area contributed by atoms with Crippen molar-refractivity contribution < 1.29 is 19.7 Å². The van der Waals surface area contributed by atoms with Gasteiger partial charge in [-0.15, -0.1) is 0 Å². The molecule has 0 unspecified atom stereocenters. The highest BCUT2D eigenvalue weighted by molar-refractivity contribution is 5.32. The molecule has 1 aromatic rings. The van der Waals surface area contributed by atoms with Crippen molar-refractivity contribution in [1.82, 2.24) is 0 Å². The topological polar surface area (TPSA) is 66.8 Å². The van der Waals surface area contributed by atoms with Gasteiger partial charge in [-0.05, 0) is 31.2 Å². The molecule has 0 atom stereocenters. The maximum atomic E-state index is 8.87. The summed E-state index contributed by atoms with van der Waals surface area (Å²) in [5, 5.41) is 15.8. The van der Waals surface area contributed by atoms with Crippen molar-refractivity contribution in [1.29, 1.82) is 0 Å². The Hall–Kier alpha value is -1.71. The number of benzene rings is 1. The molecule has 0 saturated heterocycles. The lowest BCUT2D eigenvalue weighted by atomic mass is 10.3. The van der Waals surface area contributed by atoms with Crippen molar-refractivity contribution in [3.63, 3.8) is 0 Å². The van der Waals surface area contributed by atoms with E-state index in [-0.39, 0.29) is 12.2 Å². The SMILES string of the molecule is CCOc1ccc(O)cc1.O=CO. The summed E-state index contributed by atoms with van der Waals surface area (Å²) in [7, 11) is 0. The monoisotopic (exact) mass is 184 g/mol. The van der Waals surface area contributed by atoms with Gasteiger partial charge in [-0.25, -0.2) is 0 Å². The quantitative estimate of drug-likeness (QED) is 0.683. The van der Waals surface area contributed by atoms with Crippen LogP contribution in [0, 0.1) is 0 Å². The fraction of sp³-hybridized carbons (Fsp3) is 0.222. The molecule has 0 radical (unpaired) electrons. The summed E-state index contributed by atoms with van der Waals surface area (Å²) in [4.78, 5) is 8.36. The van der Waals surface area contributed by atoms with Crippen LogP contribution in [0.5, 0.6) is 11.5 Å². The zero-order chi connectivity index (χ0) is 10.1. The number of ether oxygens (including phenoxy) is 1. The Kier molecular flexibility index (Phi) is 6.05. The second-order valence-corrected chi connectivity index (χ2v) is 2.03. The van der Waals surface area contributed by atoms with Crippen LogP contribution < -0.4 is 4.74 Å². The van der Waals surface area contributed by atoms with Crippen LogP contribution in [-0.2, 0) is 4.79 Å². The Morgan fingerprint density at radius 2 is 1.85 bits per heavy atom. The molecule has 1 rings (SSSR count). The maximum Gasteiger partial charge on any atom is 0.290 e. The van der Waals surface area contributed by atoms with Gasteiger partial charge in [0.1, 0.15) is 11.5 Å². The van der Waals surface area contributed by atoms with Gasteiger partial charge >= 0.3 is 0 Å². The molecule has 0 aliphatic heterocycles. The minimum Gasteiger partial charge on any atom is -0.508 e. The van der Waals surface area contributed by atoms with Crippen molar-refractivity contribution >= 4 is 6.47 Å². The number of phenols is 1. The third-order valence-electron chi connectivity index (χ3n) is 1.15. The fourth-order valence-electron chi connectivity index (χ4n) is 0.709. The smallest absolute Gasteiger partial charge is 0.290 e. The molecule has 0 amide bonds. The van der Waals surface area contributed by atoms with Crippen LogP contribution >= 0.6 is 0 Å². The summed E-state index contributed by atoms with van der Waals surface area (Å²) in [5.74, 6) is 1.06. The molecule has 72 valence electrons. The summed E-state index contributed by atoms with van der Waals surface area (Å²) in [6, 6.07) is 6.67. The Morgan fingerprint density at radius 3 is 2.23 bits per heavy atom. The van der Waals surface area contributed by atoms with E-state index in [0.29, 0.717) is 6.61 Å². The molecule has 13 heavy (non-hydrogen) atoms. The number of hydrogen-bond donors (Lipinski definition) is 2. The number of hydrogen-bond acceptors (Lipinski definition) is 3. The van der Waals surface area contributed by atoms with Crippen LogP contribution in [0.2, 0.25) is 0 Å². The summed E-state index contributed by atoms with van der Waals surface area (Å²) in [6.45, 7) is 2.33. The summed E-state index contributed by atoms with van der Waals surface area (Å²) in [6.07, 6.45) is 0.